The fourth-order valence-corrected chi connectivity index (χ4v) is 4.83. The van der Waals surface area contributed by atoms with E-state index >= 15 is 0 Å². The van der Waals surface area contributed by atoms with E-state index in [-0.39, 0.29) is 10.6 Å². The summed E-state index contributed by atoms with van der Waals surface area (Å²) in [4.78, 5) is 14.0. The molecule has 128 valence electrons. The molecule has 0 fully saturated rings. The van der Waals surface area contributed by atoms with E-state index in [1.54, 1.807) is 23.9 Å². The van der Waals surface area contributed by atoms with E-state index in [4.69, 9.17) is 4.74 Å². The molecule has 0 aromatic heterocycles. The number of nitrogens with zero attached hydrogens (tertiary/aromatic N) is 2. The second kappa shape index (κ2) is 5.81. The van der Waals surface area contributed by atoms with Crippen molar-refractivity contribution in [1.82, 2.24) is 0 Å². The molecule has 2 aliphatic heterocycles. The van der Waals surface area contributed by atoms with Gasteiger partial charge in [-0.1, -0.05) is 25.5 Å². The molecule has 2 aromatic rings. The lowest BCUT2D eigenvalue weighted by Crippen LogP contribution is -2.48. The average Bonchev–Trinajstić information content (AvgIpc) is 2.88. The minimum absolute atomic E-state index is 0.0844. The van der Waals surface area contributed by atoms with Gasteiger partial charge in [0.2, 0.25) is 0 Å². The van der Waals surface area contributed by atoms with Crippen LogP contribution in [0, 0.1) is 10.1 Å². The van der Waals surface area contributed by atoms with E-state index in [1.807, 2.05) is 19.2 Å². The minimum atomic E-state index is -0.622. The van der Waals surface area contributed by atoms with E-state index < -0.39 is 5.06 Å². The predicted octanol–water partition coefficient (Wildman–Crippen LogP) is 5.07. The van der Waals surface area contributed by atoms with Gasteiger partial charge in [0.15, 0.2) is 0 Å². The van der Waals surface area contributed by atoms with Crippen molar-refractivity contribution in [3.05, 3.63) is 63.7 Å². The number of para-hydroxylation sites is 1. The van der Waals surface area contributed by atoms with Crippen molar-refractivity contribution >= 4 is 29.2 Å². The van der Waals surface area contributed by atoms with Crippen molar-refractivity contribution in [2.45, 2.75) is 29.7 Å². The fourth-order valence-electron chi connectivity index (χ4n) is 3.42. The summed E-state index contributed by atoms with van der Waals surface area (Å²) >= 11 is 1.69. The van der Waals surface area contributed by atoms with Gasteiger partial charge < -0.3 is 9.64 Å². The molecular formula is C19H18N2O3S. The molecule has 2 heterocycles. The molecule has 0 bridgehead atoms. The highest BCUT2D eigenvalue weighted by atomic mass is 32.2. The zero-order chi connectivity index (χ0) is 17.6. The highest BCUT2D eigenvalue weighted by Gasteiger charge is 2.49. The van der Waals surface area contributed by atoms with Gasteiger partial charge in [-0.15, -0.1) is 0 Å². The lowest BCUT2D eigenvalue weighted by atomic mass is 10.00. The van der Waals surface area contributed by atoms with Crippen molar-refractivity contribution < 1.29 is 9.66 Å². The molecule has 0 saturated carbocycles. The van der Waals surface area contributed by atoms with Gasteiger partial charge in [-0.2, -0.15) is 0 Å². The monoisotopic (exact) mass is 354 g/mol. The van der Waals surface area contributed by atoms with Crippen molar-refractivity contribution in [3.8, 4) is 5.75 Å². The van der Waals surface area contributed by atoms with Crippen LogP contribution in [-0.4, -0.2) is 17.0 Å². The number of nitro groups is 1. The molecule has 1 atom stereocenters. The van der Waals surface area contributed by atoms with Crippen molar-refractivity contribution in [3.63, 3.8) is 0 Å². The fraction of sp³-hybridized carbons (Fsp3) is 0.263. The van der Waals surface area contributed by atoms with Gasteiger partial charge in [0.25, 0.3) is 10.7 Å². The van der Waals surface area contributed by atoms with Crippen LogP contribution in [0.1, 0.15) is 25.3 Å². The van der Waals surface area contributed by atoms with Crippen LogP contribution in [0.15, 0.2) is 52.9 Å². The Morgan fingerprint density at radius 1 is 1.28 bits per heavy atom. The summed E-state index contributed by atoms with van der Waals surface area (Å²) in [6.45, 7) is 2.13. The highest BCUT2D eigenvalue weighted by Crippen LogP contribution is 2.56. The number of rotatable bonds is 3. The van der Waals surface area contributed by atoms with Crippen LogP contribution >= 0.6 is 11.8 Å². The van der Waals surface area contributed by atoms with Crippen LogP contribution in [0.25, 0.3) is 6.08 Å². The largest absolute Gasteiger partial charge is 0.454 e. The average molecular weight is 354 g/mol. The van der Waals surface area contributed by atoms with Gasteiger partial charge in [-0.05, 0) is 42.5 Å². The van der Waals surface area contributed by atoms with Crippen LogP contribution in [0.3, 0.4) is 0 Å². The molecule has 4 rings (SSSR count). The summed E-state index contributed by atoms with van der Waals surface area (Å²) in [6, 6.07) is 13.0. The summed E-state index contributed by atoms with van der Waals surface area (Å²) < 4.78 is 6.47. The molecule has 2 aliphatic rings. The number of anilines is 1. The van der Waals surface area contributed by atoms with Gasteiger partial charge >= 0.3 is 0 Å². The van der Waals surface area contributed by atoms with Gasteiger partial charge in [-0.25, -0.2) is 0 Å². The van der Waals surface area contributed by atoms with E-state index in [1.165, 1.54) is 11.0 Å². The lowest BCUT2D eigenvalue weighted by Gasteiger charge is -2.41. The first-order valence-corrected chi connectivity index (χ1v) is 9.07. The molecule has 0 aliphatic carbocycles. The van der Waals surface area contributed by atoms with Crippen LogP contribution in [0.5, 0.6) is 5.75 Å². The van der Waals surface area contributed by atoms with Gasteiger partial charge in [0.05, 0.1) is 10.6 Å². The van der Waals surface area contributed by atoms with Crippen LogP contribution in [-0.2, 0) is 0 Å². The number of hydrogen-bond acceptors (Lipinski definition) is 5. The number of benzene rings is 2. The van der Waals surface area contributed by atoms with E-state index in [0.29, 0.717) is 5.75 Å². The Morgan fingerprint density at radius 2 is 2.08 bits per heavy atom. The summed E-state index contributed by atoms with van der Waals surface area (Å²) in [5.41, 5.74) is 3.13. The van der Waals surface area contributed by atoms with Crippen LogP contribution in [0.2, 0.25) is 0 Å². The zero-order valence-electron chi connectivity index (χ0n) is 14.1. The van der Waals surface area contributed by atoms with Gasteiger partial charge in [0.1, 0.15) is 5.75 Å². The number of likely N-dealkylation sites (N-methyl/N-ethyl adjacent to an activating group) is 1. The molecule has 25 heavy (non-hydrogen) atoms. The van der Waals surface area contributed by atoms with E-state index in [9.17, 15) is 10.1 Å². The maximum Gasteiger partial charge on any atom is 0.270 e. The Kier molecular flexibility index (Phi) is 3.72. The molecule has 0 amide bonds. The topological polar surface area (TPSA) is 55.6 Å². The molecule has 0 radical (unpaired) electrons. The molecule has 1 unspecified atom stereocenters. The molecular weight excluding hydrogens is 336 g/mol. The van der Waals surface area contributed by atoms with Crippen LogP contribution in [0.4, 0.5) is 11.4 Å². The summed E-state index contributed by atoms with van der Waals surface area (Å²) in [5.74, 6) is 0.678. The van der Waals surface area contributed by atoms with Crippen molar-refractivity contribution in [2.75, 3.05) is 11.9 Å². The predicted molar refractivity (Wildman–Crippen MR) is 100 cm³/mol. The third kappa shape index (κ3) is 2.40. The Balaban J connectivity index is 1.83. The number of fused-ring (bicyclic) bond motifs is 2. The number of non-ortho nitro benzene ring substituents is 1. The number of thioether (sulfide) groups is 1. The second-order valence-electron chi connectivity index (χ2n) is 6.21. The Labute approximate surface area is 150 Å². The Morgan fingerprint density at radius 3 is 2.80 bits per heavy atom. The number of ether oxygens (including phenoxy) is 1. The summed E-state index contributed by atoms with van der Waals surface area (Å²) in [6.07, 6.45) is 3.91. The molecule has 1 spiro atoms. The van der Waals surface area contributed by atoms with Crippen LogP contribution < -0.4 is 9.64 Å². The first-order chi connectivity index (χ1) is 12.0. The second-order valence-corrected chi connectivity index (χ2v) is 7.41. The highest BCUT2D eigenvalue weighted by molar-refractivity contribution is 8.01. The number of nitro benzene ring substituents is 1. The standard InChI is InChI=1S/C19H18N2O3S/c1-3-6-14-11-13-12-15(21(22)23)9-10-17(13)24-19(14)20(2)16-7-4-5-8-18(16)25-19/h4-5,7-12H,3,6H2,1-2H3. The van der Waals surface area contributed by atoms with E-state index in [0.717, 1.165) is 29.7 Å². The number of hydrogen-bond donors (Lipinski definition) is 0. The SMILES string of the molecule is CCCC1=Cc2cc([N+](=O)[O-])ccc2OC12Sc1ccccc1N2C. The maximum atomic E-state index is 11.1. The quantitative estimate of drug-likeness (QED) is 0.569. The summed E-state index contributed by atoms with van der Waals surface area (Å²) in [5, 5.41) is 10.5. The lowest BCUT2D eigenvalue weighted by molar-refractivity contribution is -0.384. The zero-order valence-corrected chi connectivity index (χ0v) is 14.9. The smallest absolute Gasteiger partial charge is 0.270 e. The van der Waals surface area contributed by atoms with Gasteiger partial charge in [-0.3, -0.25) is 10.1 Å². The third-order valence-electron chi connectivity index (χ3n) is 4.62. The Hall–Kier alpha value is -2.47. The van der Waals surface area contributed by atoms with Crippen molar-refractivity contribution in [1.29, 1.82) is 0 Å². The van der Waals surface area contributed by atoms with Crippen molar-refractivity contribution in [2.24, 2.45) is 0 Å². The van der Waals surface area contributed by atoms with E-state index in [2.05, 4.69) is 30.0 Å². The first-order valence-electron chi connectivity index (χ1n) is 8.25. The normalized spacial score (nSPS) is 20.7. The van der Waals surface area contributed by atoms with Gasteiger partial charge in [0, 0.05) is 35.2 Å². The summed E-state index contributed by atoms with van der Waals surface area (Å²) in [7, 11) is 2.04. The Bertz CT molecular complexity index is 896. The molecule has 5 nitrogen and oxygen atoms in total. The third-order valence-corrected chi connectivity index (χ3v) is 6.09. The molecule has 2 aromatic carbocycles. The molecule has 0 N–H and O–H groups in total. The molecule has 0 saturated heterocycles. The maximum absolute atomic E-state index is 11.1. The minimum Gasteiger partial charge on any atom is -0.454 e. The molecule has 6 heteroatoms. The first kappa shape index (κ1) is 16.0.